The van der Waals surface area contributed by atoms with Crippen LogP contribution in [0.2, 0.25) is 0 Å². The minimum absolute atomic E-state index is 0.118. The molecule has 0 saturated carbocycles. The van der Waals surface area contributed by atoms with E-state index in [4.69, 9.17) is 0 Å². The molecule has 8 nitrogen and oxygen atoms in total. The highest BCUT2D eigenvalue weighted by atomic mass is 16.2. The number of carbonyl (C=O) groups is 2. The number of aromatic nitrogens is 2. The number of anilines is 1. The zero-order valence-corrected chi connectivity index (χ0v) is 13.8. The Hall–Kier alpha value is -2.22. The zero-order valence-electron chi connectivity index (χ0n) is 13.8. The molecule has 2 aliphatic rings. The summed E-state index contributed by atoms with van der Waals surface area (Å²) in [7, 11) is 3.30. The summed E-state index contributed by atoms with van der Waals surface area (Å²) in [5.41, 5.74) is 1.06. The maximum atomic E-state index is 12.1. The minimum Gasteiger partial charge on any atom is -0.354 e. The molecule has 0 radical (unpaired) electrons. The number of carbonyl (C=O) groups excluding carboxylic acids is 2. The third-order valence-electron chi connectivity index (χ3n) is 4.67. The molecule has 124 valence electrons. The molecule has 1 aromatic rings. The fraction of sp³-hybridized carbons (Fsp3) is 0.600. The lowest BCUT2D eigenvalue weighted by Gasteiger charge is -2.45. The monoisotopic (exact) mass is 318 g/mol. The Balaban J connectivity index is 1.66. The van der Waals surface area contributed by atoms with E-state index in [-0.39, 0.29) is 18.1 Å². The first-order valence-electron chi connectivity index (χ1n) is 7.78. The van der Waals surface area contributed by atoms with Gasteiger partial charge in [-0.15, -0.1) is 0 Å². The van der Waals surface area contributed by atoms with Crippen molar-refractivity contribution >= 4 is 17.8 Å². The van der Waals surface area contributed by atoms with Gasteiger partial charge in [0, 0.05) is 52.0 Å². The number of urea groups is 1. The van der Waals surface area contributed by atoms with Gasteiger partial charge in [-0.25, -0.2) is 14.8 Å². The molecule has 3 rings (SSSR count). The molecular formula is C15H22N6O2. The van der Waals surface area contributed by atoms with E-state index in [1.54, 1.807) is 18.3 Å². The summed E-state index contributed by atoms with van der Waals surface area (Å²) in [5, 5.41) is 0. The molecule has 8 heteroatoms. The Kier molecular flexibility index (Phi) is 4.16. The molecule has 0 bridgehead atoms. The number of rotatable bonds is 2. The molecule has 3 heterocycles. The summed E-state index contributed by atoms with van der Waals surface area (Å²) >= 11 is 0. The van der Waals surface area contributed by atoms with Crippen molar-refractivity contribution in [2.75, 3.05) is 45.2 Å². The first-order valence-corrected chi connectivity index (χ1v) is 7.78. The number of imide groups is 1. The lowest BCUT2D eigenvalue weighted by atomic mass is 10.1. The summed E-state index contributed by atoms with van der Waals surface area (Å²) in [5.74, 6) is 0.843. The quantitative estimate of drug-likeness (QED) is 0.773. The second-order valence-corrected chi connectivity index (χ2v) is 6.08. The van der Waals surface area contributed by atoms with Crippen LogP contribution in [0.3, 0.4) is 0 Å². The van der Waals surface area contributed by atoms with Crippen LogP contribution in [0.15, 0.2) is 12.5 Å². The van der Waals surface area contributed by atoms with E-state index in [0.29, 0.717) is 6.42 Å². The van der Waals surface area contributed by atoms with E-state index in [9.17, 15) is 9.59 Å². The van der Waals surface area contributed by atoms with Gasteiger partial charge in [-0.1, -0.05) is 0 Å². The highest BCUT2D eigenvalue weighted by molar-refractivity contribution is 5.96. The van der Waals surface area contributed by atoms with Crippen molar-refractivity contribution < 1.29 is 9.59 Å². The van der Waals surface area contributed by atoms with Gasteiger partial charge >= 0.3 is 6.03 Å². The van der Waals surface area contributed by atoms with Crippen LogP contribution in [0.1, 0.15) is 12.0 Å². The third kappa shape index (κ3) is 2.86. The van der Waals surface area contributed by atoms with Gasteiger partial charge in [-0.2, -0.15) is 0 Å². The van der Waals surface area contributed by atoms with Crippen molar-refractivity contribution in [3.63, 3.8) is 0 Å². The third-order valence-corrected chi connectivity index (χ3v) is 4.67. The smallest absolute Gasteiger partial charge is 0.327 e. The number of aryl methyl sites for hydroxylation is 1. The second kappa shape index (κ2) is 6.11. The Morgan fingerprint density at radius 3 is 2.48 bits per heavy atom. The molecule has 3 amide bonds. The predicted molar refractivity (Wildman–Crippen MR) is 84.9 cm³/mol. The largest absolute Gasteiger partial charge is 0.354 e. The topological polar surface area (TPSA) is 72.9 Å². The first-order chi connectivity index (χ1) is 11.0. The summed E-state index contributed by atoms with van der Waals surface area (Å²) in [6.45, 7) is 5.23. The molecule has 0 aliphatic carbocycles. The van der Waals surface area contributed by atoms with Gasteiger partial charge in [-0.3, -0.25) is 14.6 Å². The first kappa shape index (κ1) is 15.7. The number of piperazine rings is 1. The summed E-state index contributed by atoms with van der Waals surface area (Å²) in [6, 6.07) is -0.236. The van der Waals surface area contributed by atoms with Crippen LogP contribution in [0.4, 0.5) is 10.6 Å². The molecule has 0 N–H and O–H groups in total. The number of hydrogen-bond acceptors (Lipinski definition) is 6. The van der Waals surface area contributed by atoms with Crippen molar-refractivity contribution in [1.29, 1.82) is 0 Å². The predicted octanol–water partition coefficient (Wildman–Crippen LogP) is 0.147. The van der Waals surface area contributed by atoms with Gasteiger partial charge < -0.3 is 9.80 Å². The van der Waals surface area contributed by atoms with Crippen LogP contribution in [-0.4, -0.2) is 83.0 Å². The molecule has 1 unspecified atom stereocenters. The summed E-state index contributed by atoms with van der Waals surface area (Å²) < 4.78 is 0. The highest BCUT2D eigenvalue weighted by Crippen LogP contribution is 2.22. The van der Waals surface area contributed by atoms with Gasteiger partial charge in [-0.05, 0) is 6.92 Å². The maximum absolute atomic E-state index is 12.1. The normalized spacial score (nSPS) is 23.6. The van der Waals surface area contributed by atoms with Crippen LogP contribution in [-0.2, 0) is 4.79 Å². The second-order valence-electron chi connectivity index (χ2n) is 6.08. The Morgan fingerprint density at radius 2 is 1.83 bits per heavy atom. The summed E-state index contributed by atoms with van der Waals surface area (Å²) in [6.07, 6.45) is 3.58. The Morgan fingerprint density at radius 1 is 1.13 bits per heavy atom. The van der Waals surface area contributed by atoms with Gasteiger partial charge in [0.1, 0.15) is 12.1 Å². The average molecular weight is 318 g/mol. The van der Waals surface area contributed by atoms with Crippen LogP contribution < -0.4 is 4.90 Å². The number of amides is 3. The average Bonchev–Trinajstić information content (AvgIpc) is 2.57. The molecule has 2 fully saturated rings. The number of nitrogens with zero attached hydrogens (tertiary/aromatic N) is 6. The molecule has 1 aromatic heterocycles. The Labute approximate surface area is 135 Å². The Bertz CT molecular complexity index is 614. The van der Waals surface area contributed by atoms with Crippen LogP contribution in [0, 0.1) is 6.92 Å². The molecule has 23 heavy (non-hydrogen) atoms. The van der Waals surface area contributed by atoms with Crippen molar-refractivity contribution in [3.05, 3.63) is 18.1 Å². The lowest BCUT2D eigenvalue weighted by Crippen LogP contribution is -2.62. The maximum Gasteiger partial charge on any atom is 0.327 e. The van der Waals surface area contributed by atoms with Gasteiger partial charge in [0.05, 0.1) is 12.6 Å². The van der Waals surface area contributed by atoms with Crippen LogP contribution >= 0.6 is 0 Å². The minimum atomic E-state index is -0.236. The SMILES string of the molecule is Cc1cncnc1N1CCN(C2CC(=O)N(C)C(=O)N2C)CC1. The molecule has 2 aliphatic heterocycles. The van der Waals surface area contributed by atoms with Crippen molar-refractivity contribution in [3.8, 4) is 0 Å². The fourth-order valence-electron chi connectivity index (χ4n) is 3.23. The molecular weight excluding hydrogens is 296 g/mol. The van der Waals surface area contributed by atoms with E-state index in [1.807, 2.05) is 13.1 Å². The molecule has 1 atom stereocenters. The van der Waals surface area contributed by atoms with Crippen molar-refractivity contribution in [1.82, 2.24) is 24.7 Å². The zero-order chi connectivity index (χ0) is 16.6. The molecule has 0 spiro atoms. The number of hydrogen-bond donors (Lipinski definition) is 0. The molecule has 0 aromatic carbocycles. The van der Waals surface area contributed by atoms with Gasteiger partial charge in [0.15, 0.2) is 0 Å². The summed E-state index contributed by atoms with van der Waals surface area (Å²) in [4.78, 5) is 39.7. The van der Waals surface area contributed by atoms with E-state index < -0.39 is 0 Å². The van der Waals surface area contributed by atoms with Crippen LogP contribution in [0.25, 0.3) is 0 Å². The van der Waals surface area contributed by atoms with E-state index in [1.165, 1.54) is 11.9 Å². The van der Waals surface area contributed by atoms with Gasteiger partial charge in [0.25, 0.3) is 0 Å². The van der Waals surface area contributed by atoms with Crippen molar-refractivity contribution in [2.24, 2.45) is 0 Å². The van der Waals surface area contributed by atoms with Crippen molar-refractivity contribution in [2.45, 2.75) is 19.5 Å². The van der Waals surface area contributed by atoms with E-state index in [2.05, 4.69) is 19.8 Å². The highest BCUT2D eigenvalue weighted by Gasteiger charge is 2.38. The standard InChI is InChI=1S/C15H22N6O2/c1-11-9-16-10-17-14(11)21-6-4-20(5-7-21)12-8-13(22)19(3)15(23)18(12)2/h9-10,12H,4-8H2,1-3H3. The van der Waals surface area contributed by atoms with Gasteiger partial charge in [0.2, 0.25) is 5.91 Å². The fourth-order valence-corrected chi connectivity index (χ4v) is 3.23. The van der Waals surface area contributed by atoms with E-state index in [0.717, 1.165) is 37.6 Å². The van der Waals surface area contributed by atoms with Crippen LogP contribution in [0.5, 0.6) is 0 Å². The molecule has 2 saturated heterocycles. The lowest BCUT2D eigenvalue weighted by molar-refractivity contribution is -0.134. The van der Waals surface area contributed by atoms with E-state index >= 15 is 0 Å².